The normalized spacial score (nSPS) is 18.4. The number of phenols is 1. The van der Waals surface area contributed by atoms with Gasteiger partial charge in [0, 0.05) is 42.4 Å². The molecular formula is C27H29NO5. The highest BCUT2D eigenvalue weighted by Gasteiger charge is 2.30. The van der Waals surface area contributed by atoms with Crippen LogP contribution in [0.4, 0.5) is 0 Å². The van der Waals surface area contributed by atoms with Crippen molar-refractivity contribution in [3.8, 4) is 23.0 Å². The van der Waals surface area contributed by atoms with Crippen LogP contribution >= 0.6 is 0 Å². The van der Waals surface area contributed by atoms with Gasteiger partial charge in [-0.15, -0.1) is 0 Å². The Labute approximate surface area is 193 Å². The first-order valence-electron chi connectivity index (χ1n) is 11.5. The molecular weight excluding hydrogens is 418 g/mol. The van der Waals surface area contributed by atoms with Crippen LogP contribution in [0.2, 0.25) is 0 Å². The third-order valence-corrected chi connectivity index (χ3v) is 6.78. The van der Waals surface area contributed by atoms with Crippen LogP contribution in [0.25, 0.3) is 10.8 Å². The van der Waals surface area contributed by atoms with Crippen molar-refractivity contribution in [2.24, 2.45) is 5.92 Å². The maximum Gasteiger partial charge on any atom is 0.231 e. The molecule has 2 atom stereocenters. The predicted molar refractivity (Wildman–Crippen MR) is 126 cm³/mol. The van der Waals surface area contributed by atoms with E-state index in [0.29, 0.717) is 23.2 Å². The standard InChI is InChI=1S/C27H29NO5/c1-17-6-5-11-28(15-17)26(30)13-21(18-9-10-23-25(12-18)33-16-32-23)27-20-8-4-3-7-19(20)24(31-2)14-22(27)29/h3-4,7-10,12,14,17,21,29H,5-6,11,13,15-16H2,1-2H3. The minimum atomic E-state index is -0.347. The third kappa shape index (κ3) is 4.06. The van der Waals surface area contributed by atoms with Gasteiger partial charge in [-0.1, -0.05) is 37.3 Å². The number of amides is 1. The van der Waals surface area contributed by atoms with Crippen molar-refractivity contribution in [2.45, 2.75) is 32.1 Å². The second-order valence-corrected chi connectivity index (χ2v) is 9.01. The Bertz CT molecular complexity index is 1190. The van der Waals surface area contributed by atoms with Crippen LogP contribution in [-0.4, -0.2) is 42.9 Å². The van der Waals surface area contributed by atoms with Crippen LogP contribution in [0.5, 0.6) is 23.0 Å². The van der Waals surface area contributed by atoms with E-state index in [2.05, 4.69) is 6.92 Å². The summed E-state index contributed by atoms with van der Waals surface area (Å²) in [6.07, 6.45) is 2.44. The Morgan fingerprint density at radius 3 is 2.73 bits per heavy atom. The van der Waals surface area contributed by atoms with Crippen molar-refractivity contribution in [1.82, 2.24) is 4.90 Å². The summed E-state index contributed by atoms with van der Waals surface area (Å²) in [6.45, 7) is 3.94. The molecule has 3 aromatic carbocycles. The minimum absolute atomic E-state index is 0.100. The highest BCUT2D eigenvalue weighted by atomic mass is 16.7. The van der Waals surface area contributed by atoms with Gasteiger partial charge < -0.3 is 24.2 Å². The topological polar surface area (TPSA) is 68.2 Å². The van der Waals surface area contributed by atoms with Crippen molar-refractivity contribution in [2.75, 3.05) is 27.0 Å². The fourth-order valence-electron chi connectivity index (χ4n) is 5.12. The van der Waals surface area contributed by atoms with Gasteiger partial charge in [-0.3, -0.25) is 4.79 Å². The lowest BCUT2D eigenvalue weighted by molar-refractivity contribution is -0.133. The smallest absolute Gasteiger partial charge is 0.231 e. The lowest BCUT2D eigenvalue weighted by atomic mass is 9.83. The number of phenolic OH excluding ortho intramolecular Hbond substituents is 1. The molecule has 2 aliphatic rings. The number of rotatable bonds is 5. The number of ether oxygens (including phenoxy) is 3. The van der Waals surface area contributed by atoms with Gasteiger partial charge in [0.1, 0.15) is 11.5 Å². The Hall–Kier alpha value is -3.41. The Morgan fingerprint density at radius 1 is 1.15 bits per heavy atom. The van der Waals surface area contributed by atoms with Gasteiger partial charge in [-0.2, -0.15) is 0 Å². The number of piperidine rings is 1. The van der Waals surface area contributed by atoms with Crippen LogP contribution in [0.3, 0.4) is 0 Å². The van der Waals surface area contributed by atoms with Crippen LogP contribution < -0.4 is 14.2 Å². The molecule has 172 valence electrons. The summed E-state index contributed by atoms with van der Waals surface area (Å²) in [6, 6.07) is 15.2. The molecule has 0 saturated carbocycles. The van der Waals surface area contributed by atoms with Gasteiger partial charge in [0.15, 0.2) is 11.5 Å². The average Bonchev–Trinajstić information content (AvgIpc) is 3.30. The number of carbonyl (C=O) groups excluding carboxylic acids is 1. The Balaban J connectivity index is 1.62. The second kappa shape index (κ2) is 8.85. The Kier molecular flexibility index (Phi) is 5.75. The summed E-state index contributed by atoms with van der Waals surface area (Å²) in [5, 5.41) is 12.9. The van der Waals surface area contributed by atoms with Gasteiger partial charge in [0.2, 0.25) is 12.7 Å². The molecule has 0 aromatic heterocycles. The van der Waals surface area contributed by atoms with Crippen molar-refractivity contribution in [3.05, 3.63) is 59.7 Å². The maximum absolute atomic E-state index is 13.5. The molecule has 2 unspecified atom stereocenters. The lowest BCUT2D eigenvalue weighted by Crippen LogP contribution is -2.39. The fourth-order valence-corrected chi connectivity index (χ4v) is 5.12. The van der Waals surface area contributed by atoms with Crippen molar-refractivity contribution >= 4 is 16.7 Å². The monoisotopic (exact) mass is 447 g/mol. The molecule has 5 rings (SSSR count). The number of nitrogens with zero attached hydrogens (tertiary/aromatic N) is 1. The molecule has 0 spiro atoms. The van der Waals surface area contributed by atoms with Gasteiger partial charge in [0.05, 0.1) is 7.11 Å². The van der Waals surface area contributed by atoms with E-state index in [-0.39, 0.29) is 30.8 Å². The van der Waals surface area contributed by atoms with E-state index in [0.717, 1.165) is 47.8 Å². The third-order valence-electron chi connectivity index (χ3n) is 6.78. The summed E-state index contributed by atoms with van der Waals surface area (Å²) < 4.78 is 16.6. The molecule has 1 amide bonds. The van der Waals surface area contributed by atoms with E-state index in [1.807, 2.05) is 47.4 Å². The van der Waals surface area contributed by atoms with E-state index in [9.17, 15) is 9.90 Å². The molecule has 6 heteroatoms. The van der Waals surface area contributed by atoms with Crippen LogP contribution in [0.1, 0.15) is 43.2 Å². The average molecular weight is 448 g/mol. The van der Waals surface area contributed by atoms with E-state index >= 15 is 0 Å². The van der Waals surface area contributed by atoms with E-state index in [4.69, 9.17) is 14.2 Å². The number of benzene rings is 3. The quantitative estimate of drug-likeness (QED) is 0.592. The molecule has 6 nitrogen and oxygen atoms in total. The van der Waals surface area contributed by atoms with Gasteiger partial charge in [-0.05, 0) is 41.8 Å². The highest BCUT2D eigenvalue weighted by Crippen LogP contribution is 2.45. The largest absolute Gasteiger partial charge is 0.507 e. The first-order valence-corrected chi connectivity index (χ1v) is 11.5. The Morgan fingerprint density at radius 2 is 1.94 bits per heavy atom. The second-order valence-electron chi connectivity index (χ2n) is 9.01. The summed E-state index contributed by atoms with van der Waals surface area (Å²) in [4.78, 5) is 15.4. The number of hydrogen-bond acceptors (Lipinski definition) is 5. The number of hydrogen-bond donors (Lipinski definition) is 1. The zero-order valence-electron chi connectivity index (χ0n) is 19.0. The SMILES string of the molecule is COc1cc(O)c(C(CC(=O)N2CCCC(C)C2)c2ccc3c(c2)OCO3)c2ccccc12. The van der Waals surface area contributed by atoms with Gasteiger partial charge in [0.25, 0.3) is 0 Å². The zero-order valence-corrected chi connectivity index (χ0v) is 19.0. The molecule has 2 aliphatic heterocycles. The van der Waals surface area contributed by atoms with Gasteiger partial charge >= 0.3 is 0 Å². The van der Waals surface area contributed by atoms with Crippen LogP contribution in [-0.2, 0) is 4.79 Å². The van der Waals surface area contributed by atoms with Crippen molar-refractivity contribution < 1.29 is 24.1 Å². The first kappa shape index (κ1) is 21.4. The molecule has 0 radical (unpaired) electrons. The number of carbonyl (C=O) groups is 1. The number of methoxy groups -OCH3 is 1. The zero-order chi connectivity index (χ0) is 22.9. The number of likely N-dealkylation sites (tertiary alicyclic amines) is 1. The fraction of sp³-hybridized carbons (Fsp3) is 0.370. The van der Waals surface area contributed by atoms with E-state index in [1.54, 1.807) is 13.2 Å². The minimum Gasteiger partial charge on any atom is -0.507 e. The first-order chi connectivity index (χ1) is 16.0. The van der Waals surface area contributed by atoms with Gasteiger partial charge in [-0.25, -0.2) is 0 Å². The molecule has 3 aromatic rings. The van der Waals surface area contributed by atoms with Crippen LogP contribution in [0.15, 0.2) is 48.5 Å². The van der Waals surface area contributed by atoms with Crippen LogP contribution in [0, 0.1) is 5.92 Å². The summed E-state index contributed by atoms with van der Waals surface area (Å²) in [5.74, 6) is 2.33. The van der Waals surface area contributed by atoms with Crippen molar-refractivity contribution in [3.63, 3.8) is 0 Å². The summed E-state index contributed by atoms with van der Waals surface area (Å²) in [7, 11) is 1.59. The predicted octanol–water partition coefficient (Wildman–Crippen LogP) is 5.06. The van der Waals surface area contributed by atoms with E-state index in [1.165, 1.54) is 0 Å². The molecule has 1 saturated heterocycles. The lowest BCUT2D eigenvalue weighted by Gasteiger charge is -2.32. The van der Waals surface area contributed by atoms with E-state index < -0.39 is 0 Å². The summed E-state index contributed by atoms with van der Waals surface area (Å²) >= 11 is 0. The summed E-state index contributed by atoms with van der Waals surface area (Å²) in [5.41, 5.74) is 1.63. The molecule has 0 aliphatic carbocycles. The highest BCUT2D eigenvalue weighted by molar-refractivity contribution is 5.94. The molecule has 0 bridgehead atoms. The molecule has 2 heterocycles. The molecule has 1 fully saturated rings. The number of fused-ring (bicyclic) bond motifs is 2. The molecule has 33 heavy (non-hydrogen) atoms. The van der Waals surface area contributed by atoms with Crippen molar-refractivity contribution in [1.29, 1.82) is 0 Å². The molecule has 1 N–H and O–H groups in total. The number of aromatic hydroxyl groups is 1. The maximum atomic E-state index is 13.5.